The lowest BCUT2D eigenvalue weighted by Gasteiger charge is -2.06. The zero-order chi connectivity index (χ0) is 12.8. The fourth-order valence-corrected chi connectivity index (χ4v) is 1.93. The number of halogens is 2. The predicted molar refractivity (Wildman–Crippen MR) is 72.6 cm³/mol. The van der Waals surface area contributed by atoms with Gasteiger partial charge in [-0.05, 0) is 40.5 Å². The van der Waals surface area contributed by atoms with Gasteiger partial charge in [0.15, 0.2) is 0 Å². The third-order valence-electron chi connectivity index (χ3n) is 2.08. The first kappa shape index (κ1) is 14.4. The molecule has 0 fully saturated rings. The van der Waals surface area contributed by atoms with Crippen molar-refractivity contribution in [3.63, 3.8) is 0 Å². The van der Waals surface area contributed by atoms with Gasteiger partial charge < -0.3 is 4.74 Å². The van der Waals surface area contributed by atoms with Crippen molar-refractivity contribution < 1.29 is 14.3 Å². The van der Waals surface area contributed by atoms with Crippen LogP contribution >= 0.6 is 31.9 Å². The fourth-order valence-electron chi connectivity index (χ4n) is 1.32. The number of ether oxygens (including phenoxy) is 1. The molecular formula is C12H12Br2O3. The number of esters is 1. The van der Waals surface area contributed by atoms with E-state index in [2.05, 4.69) is 31.9 Å². The van der Waals surface area contributed by atoms with E-state index < -0.39 is 0 Å². The molecule has 0 N–H and O–H groups in total. The van der Waals surface area contributed by atoms with Crippen LogP contribution in [0.3, 0.4) is 0 Å². The summed E-state index contributed by atoms with van der Waals surface area (Å²) in [6.07, 6.45) is 0.310. The monoisotopic (exact) mass is 362 g/mol. The third-order valence-corrected chi connectivity index (χ3v) is 3.39. The van der Waals surface area contributed by atoms with E-state index in [0.29, 0.717) is 28.4 Å². The Labute approximate surface area is 117 Å². The molecule has 0 radical (unpaired) electrons. The van der Waals surface area contributed by atoms with Gasteiger partial charge in [0.1, 0.15) is 5.78 Å². The van der Waals surface area contributed by atoms with Gasteiger partial charge in [0.2, 0.25) is 0 Å². The summed E-state index contributed by atoms with van der Waals surface area (Å²) in [5.41, 5.74) is 1.26. The van der Waals surface area contributed by atoms with Gasteiger partial charge in [0, 0.05) is 10.9 Å². The van der Waals surface area contributed by atoms with Crippen molar-refractivity contribution in [1.82, 2.24) is 0 Å². The number of hydrogen-bond donors (Lipinski definition) is 0. The zero-order valence-corrected chi connectivity index (χ0v) is 12.5. The van der Waals surface area contributed by atoms with Crippen molar-refractivity contribution in [3.8, 4) is 0 Å². The molecule has 0 atom stereocenters. The number of benzene rings is 1. The number of carbonyl (C=O) groups excluding carboxylic acids is 2. The van der Waals surface area contributed by atoms with Crippen molar-refractivity contribution in [2.24, 2.45) is 0 Å². The number of ketones is 1. The van der Waals surface area contributed by atoms with Crippen molar-refractivity contribution in [2.45, 2.75) is 13.3 Å². The Morgan fingerprint density at radius 3 is 2.65 bits per heavy atom. The summed E-state index contributed by atoms with van der Waals surface area (Å²) >= 11 is 6.40. The normalized spacial score (nSPS) is 10.1. The second kappa shape index (κ2) is 6.91. The molecule has 0 spiro atoms. The maximum atomic E-state index is 11.6. The second-order valence-corrected chi connectivity index (χ2v) is 4.80. The Bertz CT molecular complexity index is 430. The van der Waals surface area contributed by atoms with E-state index in [1.54, 1.807) is 19.1 Å². The van der Waals surface area contributed by atoms with E-state index in [-0.39, 0.29) is 11.8 Å². The predicted octanol–water partition coefficient (Wildman–Crippen LogP) is 3.13. The van der Waals surface area contributed by atoms with Crippen LogP contribution in [0.25, 0.3) is 0 Å². The van der Waals surface area contributed by atoms with E-state index in [4.69, 9.17) is 4.74 Å². The van der Waals surface area contributed by atoms with Crippen LogP contribution in [0.4, 0.5) is 0 Å². The summed E-state index contributed by atoms with van der Waals surface area (Å²) < 4.78 is 5.60. The highest BCUT2D eigenvalue weighted by atomic mass is 79.9. The molecule has 0 aliphatic carbocycles. The Morgan fingerprint density at radius 1 is 1.35 bits per heavy atom. The molecule has 0 saturated carbocycles. The number of Topliss-reactive ketones (excluding diaryl/α,β-unsaturated/α-hetero) is 1. The van der Waals surface area contributed by atoms with E-state index in [1.165, 1.54) is 0 Å². The van der Waals surface area contributed by atoms with Gasteiger partial charge in [-0.15, -0.1) is 0 Å². The van der Waals surface area contributed by atoms with Crippen molar-refractivity contribution in [2.75, 3.05) is 11.9 Å². The minimum atomic E-state index is -0.382. The summed E-state index contributed by atoms with van der Waals surface area (Å²) in [6.45, 7) is 2.08. The standard InChI is InChI=1S/C12H12Br2O3/c1-2-17-12(16)10-6-8(3-4-11(10)14)5-9(15)7-13/h3-4,6H,2,5,7H2,1H3. The molecule has 0 heterocycles. The molecule has 17 heavy (non-hydrogen) atoms. The van der Waals surface area contributed by atoms with Crippen LogP contribution in [0.5, 0.6) is 0 Å². The van der Waals surface area contributed by atoms with Crippen LogP contribution in [0.15, 0.2) is 22.7 Å². The molecular weight excluding hydrogens is 352 g/mol. The Kier molecular flexibility index (Phi) is 5.85. The highest BCUT2D eigenvalue weighted by molar-refractivity contribution is 9.10. The quantitative estimate of drug-likeness (QED) is 0.596. The first-order valence-electron chi connectivity index (χ1n) is 5.11. The molecule has 0 aliphatic heterocycles. The number of hydrogen-bond acceptors (Lipinski definition) is 3. The summed E-state index contributed by atoms with van der Waals surface area (Å²) in [5, 5.41) is 0.317. The van der Waals surface area contributed by atoms with E-state index in [9.17, 15) is 9.59 Å². The number of carbonyl (C=O) groups is 2. The first-order valence-corrected chi connectivity index (χ1v) is 7.03. The van der Waals surface area contributed by atoms with Gasteiger partial charge in [-0.3, -0.25) is 4.79 Å². The highest BCUT2D eigenvalue weighted by Crippen LogP contribution is 2.20. The maximum absolute atomic E-state index is 11.6. The molecule has 1 aromatic rings. The van der Waals surface area contributed by atoms with Crippen LogP contribution in [0.2, 0.25) is 0 Å². The minimum Gasteiger partial charge on any atom is -0.462 e. The molecule has 3 nitrogen and oxygen atoms in total. The minimum absolute atomic E-state index is 0.0714. The summed E-state index contributed by atoms with van der Waals surface area (Å²) in [4.78, 5) is 22.9. The largest absolute Gasteiger partial charge is 0.462 e. The van der Waals surface area contributed by atoms with Crippen molar-refractivity contribution >= 4 is 43.6 Å². The van der Waals surface area contributed by atoms with Crippen LogP contribution < -0.4 is 0 Å². The van der Waals surface area contributed by atoms with Crippen LogP contribution in [-0.2, 0) is 16.0 Å². The van der Waals surface area contributed by atoms with Crippen molar-refractivity contribution in [3.05, 3.63) is 33.8 Å². The van der Waals surface area contributed by atoms with Gasteiger partial charge in [0.25, 0.3) is 0 Å². The lowest BCUT2D eigenvalue weighted by atomic mass is 10.1. The first-order chi connectivity index (χ1) is 8.08. The van der Waals surface area contributed by atoms with Crippen molar-refractivity contribution in [1.29, 1.82) is 0 Å². The van der Waals surface area contributed by atoms with Crippen LogP contribution in [0, 0.1) is 0 Å². The summed E-state index contributed by atoms with van der Waals surface area (Å²) in [6, 6.07) is 5.25. The Morgan fingerprint density at radius 2 is 2.06 bits per heavy atom. The Hall–Kier alpha value is -0.680. The smallest absolute Gasteiger partial charge is 0.339 e. The molecule has 92 valence electrons. The van der Waals surface area contributed by atoms with E-state index in [0.717, 1.165) is 5.56 Å². The molecule has 5 heteroatoms. The van der Waals surface area contributed by atoms with Crippen LogP contribution in [-0.4, -0.2) is 23.7 Å². The third kappa shape index (κ3) is 4.24. The SMILES string of the molecule is CCOC(=O)c1cc(CC(=O)CBr)ccc1Br. The molecule has 0 unspecified atom stereocenters. The molecule has 0 amide bonds. The molecule has 1 rings (SSSR count). The maximum Gasteiger partial charge on any atom is 0.339 e. The summed E-state index contributed by atoms with van der Waals surface area (Å²) in [7, 11) is 0. The number of alkyl halides is 1. The van der Waals surface area contributed by atoms with Crippen LogP contribution in [0.1, 0.15) is 22.8 Å². The van der Waals surface area contributed by atoms with Gasteiger partial charge >= 0.3 is 5.97 Å². The molecule has 0 saturated heterocycles. The average Bonchev–Trinajstić information content (AvgIpc) is 2.31. The summed E-state index contributed by atoms with van der Waals surface area (Å²) in [5.74, 6) is -0.311. The molecule has 0 aromatic heterocycles. The number of rotatable bonds is 5. The average molecular weight is 364 g/mol. The lowest BCUT2D eigenvalue weighted by molar-refractivity contribution is -0.115. The van der Waals surface area contributed by atoms with Gasteiger partial charge in [0.05, 0.1) is 17.5 Å². The highest BCUT2D eigenvalue weighted by Gasteiger charge is 2.12. The Balaban J connectivity index is 2.94. The molecule has 0 bridgehead atoms. The topological polar surface area (TPSA) is 43.4 Å². The van der Waals surface area contributed by atoms with Gasteiger partial charge in [-0.2, -0.15) is 0 Å². The van der Waals surface area contributed by atoms with E-state index in [1.807, 2.05) is 6.07 Å². The van der Waals surface area contributed by atoms with E-state index >= 15 is 0 Å². The fraction of sp³-hybridized carbons (Fsp3) is 0.333. The van der Waals surface area contributed by atoms with Gasteiger partial charge in [-0.25, -0.2) is 4.79 Å². The second-order valence-electron chi connectivity index (χ2n) is 3.38. The lowest BCUT2D eigenvalue weighted by Crippen LogP contribution is -2.08. The van der Waals surface area contributed by atoms with Gasteiger partial charge in [-0.1, -0.05) is 22.0 Å². The zero-order valence-electron chi connectivity index (χ0n) is 9.33. The molecule has 1 aromatic carbocycles. The molecule has 0 aliphatic rings.